The number of furan rings is 2. The molecule has 10 nitrogen and oxygen atoms in total. The number of halogens is 1. The van der Waals surface area contributed by atoms with E-state index >= 15 is 0 Å². The Morgan fingerprint density at radius 2 is 0.567 bits per heavy atom. The quantitative estimate of drug-likeness (QED) is 0.125. The molecule has 0 spiro atoms. The molecular formula is C90H55BClN6O4S2. The van der Waals surface area contributed by atoms with Crippen LogP contribution in [0.25, 0.3) is 186 Å². The largest absolute Gasteiger partial charge is 0.569 e. The van der Waals surface area contributed by atoms with Crippen molar-refractivity contribution in [2.45, 2.75) is 0 Å². The number of hydrogen-bond acceptors (Lipinski definition) is 12. The van der Waals surface area contributed by atoms with Crippen LogP contribution < -0.4 is 4.65 Å². The number of nitrogens with zero attached hydrogens (tertiary/aromatic N) is 6. The fourth-order valence-electron chi connectivity index (χ4n) is 13.6. The van der Waals surface area contributed by atoms with E-state index in [1.165, 1.54) is 53.2 Å². The van der Waals surface area contributed by atoms with Crippen molar-refractivity contribution in [3.8, 4) is 107 Å². The Labute approximate surface area is 610 Å². The van der Waals surface area contributed by atoms with E-state index in [1.54, 1.807) is 34.8 Å². The summed E-state index contributed by atoms with van der Waals surface area (Å²) in [6.45, 7) is 0. The van der Waals surface area contributed by atoms with Crippen LogP contribution in [0.3, 0.4) is 0 Å². The molecule has 20 rings (SSSR count). The Bertz CT molecular complexity index is 6580. The second-order valence-corrected chi connectivity index (χ2v) is 27.3. The molecule has 0 bridgehead atoms. The van der Waals surface area contributed by atoms with Crippen molar-refractivity contribution < 1.29 is 18.5 Å². The number of thiophene rings is 2. The molecule has 104 heavy (non-hydrogen) atoms. The van der Waals surface area contributed by atoms with E-state index in [0.717, 1.165) is 103 Å². The molecule has 6 aromatic heterocycles. The Balaban J connectivity index is 0.000000122. The lowest BCUT2D eigenvalue weighted by Crippen LogP contribution is -2.00. The Morgan fingerprint density at radius 1 is 0.260 bits per heavy atom. The van der Waals surface area contributed by atoms with Gasteiger partial charge in [0.25, 0.3) is 0 Å². The van der Waals surface area contributed by atoms with Gasteiger partial charge in [0.1, 0.15) is 28.1 Å². The zero-order chi connectivity index (χ0) is 69.5. The molecule has 0 fully saturated rings. The van der Waals surface area contributed by atoms with E-state index in [1.807, 2.05) is 103 Å². The predicted molar refractivity (Wildman–Crippen MR) is 429 cm³/mol. The summed E-state index contributed by atoms with van der Waals surface area (Å²) < 4.78 is 22.2. The molecule has 0 aliphatic heterocycles. The van der Waals surface area contributed by atoms with Gasteiger partial charge in [0.15, 0.2) is 29.1 Å². The van der Waals surface area contributed by atoms with E-state index in [0.29, 0.717) is 42.6 Å². The highest BCUT2D eigenvalue weighted by atomic mass is 35.5. The molecule has 0 amide bonds. The monoisotopic (exact) mass is 1390 g/mol. The van der Waals surface area contributed by atoms with Gasteiger partial charge in [0.05, 0.1) is 0 Å². The van der Waals surface area contributed by atoms with E-state index in [-0.39, 0.29) is 5.28 Å². The summed E-state index contributed by atoms with van der Waals surface area (Å²) in [5, 5.41) is 18.0. The van der Waals surface area contributed by atoms with E-state index in [2.05, 4.69) is 222 Å². The molecule has 14 heteroatoms. The van der Waals surface area contributed by atoms with Crippen LogP contribution in [0, 0.1) is 0 Å². The average Bonchev–Trinajstić information content (AvgIpc) is 1.61. The fourth-order valence-corrected chi connectivity index (χ4v) is 16.5. The van der Waals surface area contributed by atoms with Crippen LogP contribution >= 0.6 is 34.3 Å². The minimum Gasteiger partial charge on any atom is -0.537 e. The molecular weight excluding hydrogens is 1340 g/mol. The summed E-state index contributed by atoms with van der Waals surface area (Å²) in [7, 11) is 0.664. The Kier molecular flexibility index (Phi) is 16.9. The highest BCUT2D eigenvalue weighted by molar-refractivity contribution is 7.27. The Morgan fingerprint density at radius 3 is 0.990 bits per heavy atom. The summed E-state index contributed by atoms with van der Waals surface area (Å²) in [6, 6.07) is 112. The number of rotatable bonds is 11. The van der Waals surface area contributed by atoms with Crippen LogP contribution in [0.15, 0.2) is 336 Å². The molecule has 0 unspecified atom stereocenters. The number of benzene rings is 14. The first-order chi connectivity index (χ1) is 51.4. The summed E-state index contributed by atoms with van der Waals surface area (Å²) in [5.41, 5.74) is 17.3. The number of aromatic nitrogens is 6. The first-order valence-electron chi connectivity index (χ1n) is 33.8. The molecule has 0 aliphatic carbocycles. The van der Waals surface area contributed by atoms with Gasteiger partial charge in [-0.1, -0.05) is 261 Å². The maximum Gasteiger partial charge on any atom is 0.569 e. The lowest BCUT2D eigenvalue weighted by molar-refractivity contribution is 0.453. The summed E-state index contributed by atoms with van der Waals surface area (Å²) >= 11 is 9.89. The highest BCUT2D eigenvalue weighted by Crippen LogP contribution is 2.46. The third-order valence-corrected chi connectivity index (χ3v) is 21.3. The molecule has 6 heterocycles. The van der Waals surface area contributed by atoms with Crippen molar-refractivity contribution in [1.29, 1.82) is 0 Å². The van der Waals surface area contributed by atoms with Crippen LogP contribution in [-0.2, 0) is 0 Å². The van der Waals surface area contributed by atoms with Crippen LogP contribution in [0.5, 0.6) is 5.75 Å². The summed E-state index contributed by atoms with van der Waals surface area (Å²) in [5.74, 6) is 3.57. The normalized spacial score (nSPS) is 11.4. The highest BCUT2D eigenvalue weighted by Gasteiger charge is 2.22. The standard InChI is InChI=1S/C45H27N3OS.C27H16ClN3S.C18H12BO3/c1-4-12-28(13-5-1)31-22-24-34-35-25-23-32(27-40(35)49-39(34)26-31)44-46-43(30-16-8-3-9-17-30)47-45(48-44)38-21-11-20-37-36-19-10-18-33(41(36)50-42(37)38)29-14-6-2-7-15-29;28-27-30-25(18-11-5-2-6-12-18)29-26(31-27)22-16-8-15-21-20-14-7-13-19(23(20)32-24(21)22)17-9-3-1-4-10-17;20-19-22-14-7-9-16-15-8-6-13(12-4-2-1-3-5-12)10-17(15)21-18(16)11-14/h1-27H;1-16H;1-11,20H. The predicted octanol–water partition coefficient (Wildman–Crippen LogP) is 24.5. The number of fused-ring (bicyclic) bond motifs is 12. The topological polar surface area (TPSA) is 133 Å². The van der Waals surface area contributed by atoms with Crippen molar-refractivity contribution in [3.05, 3.63) is 333 Å². The van der Waals surface area contributed by atoms with Crippen molar-refractivity contribution in [1.82, 2.24) is 29.9 Å². The van der Waals surface area contributed by atoms with Crippen molar-refractivity contribution in [3.63, 3.8) is 0 Å². The van der Waals surface area contributed by atoms with Gasteiger partial charge < -0.3 is 18.5 Å². The fraction of sp³-hybridized carbons (Fsp3) is 0. The lowest BCUT2D eigenvalue weighted by Gasteiger charge is -2.09. The van der Waals surface area contributed by atoms with Gasteiger partial charge in [-0.25, -0.2) is 19.9 Å². The Hall–Kier alpha value is -12.7. The maximum atomic E-state index is 8.72. The van der Waals surface area contributed by atoms with Crippen LogP contribution in [-0.4, -0.2) is 42.6 Å². The van der Waals surface area contributed by atoms with Crippen molar-refractivity contribution in [2.75, 3.05) is 0 Å². The zero-order valence-electron chi connectivity index (χ0n) is 55.3. The van der Waals surface area contributed by atoms with Crippen LogP contribution in [0.2, 0.25) is 5.28 Å². The lowest BCUT2D eigenvalue weighted by atomic mass is 10.0. The smallest absolute Gasteiger partial charge is 0.537 e. The van der Waals surface area contributed by atoms with Gasteiger partial charge in [-0.15, -0.1) is 22.7 Å². The van der Waals surface area contributed by atoms with E-state index < -0.39 is 0 Å². The maximum absolute atomic E-state index is 8.72. The van der Waals surface area contributed by atoms with Gasteiger partial charge in [-0.3, -0.25) is 0 Å². The molecule has 0 saturated heterocycles. The van der Waals surface area contributed by atoms with Crippen molar-refractivity contribution >= 4 is 126 Å². The molecule has 0 aliphatic rings. The SMILES string of the molecule is Clc1nc(-c2ccccc2)nc(-c2cccc3c2sc2c(-c4ccccc4)cccc23)n1.O[B]Oc1ccc2c(c1)oc1cc(-c3ccccc3)ccc12.c1ccc(-c2ccc3c(c2)oc2cc(-c4nc(-c5ccccc5)nc(-c5cccc6c5sc5c(-c7ccccc7)cccc56)n4)ccc23)cc1. The van der Waals surface area contributed by atoms with E-state index in [4.69, 9.17) is 50.0 Å². The van der Waals surface area contributed by atoms with Crippen LogP contribution in [0.1, 0.15) is 0 Å². The first-order valence-corrected chi connectivity index (χ1v) is 35.9. The number of hydrogen-bond donors (Lipinski definition) is 1. The first kappa shape index (κ1) is 63.4. The third-order valence-electron chi connectivity index (χ3n) is 18.6. The third kappa shape index (κ3) is 12.2. The molecule has 20 aromatic rings. The minimum atomic E-state index is 0.192. The van der Waals surface area contributed by atoms with E-state index in [9.17, 15) is 0 Å². The second-order valence-electron chi connectivity index (χ2n) is 24.9. The zero-order valence-corrected chi connectivity index (χ0v) is 57.7. The van der Waals surface area contributed by atoms with Crippen molar-refractivity contribution in [2.24, 2.45) is 0 Å². The minimum absolute atomic E-state index is 0.192. The second kappa shape index (κ2) is 27.7. The van der Waals surface area contributed by atoms with Crippen LogP contribution in [0.4, 0.5) is 0 Å². The average molecular weight is 1390 g/mol. The molecule has 491 valence electrons. The molecule has 1 radical (unpaired) electrons. The van der Waals surface area contributed by atoms with Gasteiger partial charge >= 0.3 is 7.69 Å². The molecule has 14 aromatic carbocycles. The molecule has 0 saturated carbocycles. The summed E-state index contributed by atoms with van der Waals surface area (Å²) in [6.07, 6.45) is 0. The molecule has 0 atom stereocenters. The van der Waals surface area contributed by atoms with Gasteiger partial charge in [-0.2, -0.15) is 9.97 Å². The van der Waals surface area contributed by atoms with Gasteiger partial charge in [-0.05, 0) is 117 Å². The summed E-state index contributed by atoms with van der Waals surface area (Å²) in [4.78, 5) is 28.9. The van der Waals surface area contributed by atoms with Gasteiger partial charge in [0, 0.05) is 95.8 Å². The molecule has 1 N–H and O–H groups in total. The van der Waals surface area contributed by atoms with Gasteiger partial charge in [0.2, 0.25) is 5.28 Å².